The molecule has 1 N–H and O–H groups in total. The quantitative estimate of drug-likeness (QED) is 0.728. The molecule has 1 aliphatic heterocycles. The van der Waals surface area contributed by atoms with Gasteiger partial charge in [-0.05, 0) is 55.3 Å². The number of benzene rings is 2. The molecule has 5 nitrogen and oxygen atoms in total. The third-order valence-corrected chi connectivity index (χ3v) is 5.84. The maximum atomic E-state index is 13.0. The van der Waals surface area contributed by atoms with Crippen molar-refractivity contribution in [2.75, 3.05) is 30.4 Å². The molecule has 1 amide bonds. The average Bonchev–Trinajstić information content (AvgIpc) is 3.13. The number of amides is 1. The number of halogens is 1. The summed E-state index contributed by atoms with van der Waals surface area (Å²) in [5, 5.41) is 3.81. The Balaban J connectivity index is 1.47. The van der Waals surface area contributed by atoms with Gasteiger partial charge in [-0.15, -0.1) is 0 Å². The molecule has 0 bridgehead atoms. The molecule has 0 saturated carbocycles. The summed E-state index contributed by atoms with van der Waals surface area (Å²) in [6, 6.07) is 11.7. The third kappa shape index (κ3) is 3.88. The Bertz CT molecular complexity index is 958. The number of aromatic nitrogens is 1. The molecule has 1 aliphatic rings. The summed E-state index contributed by atoms with van der Waals surface area (Å²) in [6.45, 7) is 1.52. The van der Waals surface area contributed by atoms with Crippen LogP contribution in [0.4, 0.5) is 15.2 Å². The number of piperidine rings is 1. The maximum absolute atomic E-state index is 13.0. The molecule has 0 aliphatic carbocycles. The van der Waals surface area contributed by atoms with Crippen molar-refractivity contribution in [3.8, 4) is 5.75 Å². The van der Waals surface area contributed by atoms with Gasteiger partial charge in [-0.2, -0.15) is 0 Å². The van der Waals surface area contributed by atoms with Gasteiger partial charge >= 0.3 is 0 Å². The molecular weight excluding hydrogens is 365 g/mol. The van der Waals surface area contributed by atoms with Gasteiger partial charge in [-0.1, -0.05) is 11.3 Å². The molecule has 1 aromatic heterocycles. The molecule has 1 fully saturated rings. The van der Waals surface area contributed by atoms with E-state index in [1.54, 1.807) is 30.6 Å². The number of carbonyl (C=O) groups excluding carboxylic acids is 1. The molecule has 0 radical (unpaired) electrons. The van der Waals surface area contributed by atoms with Gasteiger partial charge < -0.3 is 15.0 Å². The van der Waals surface area contributed by atoms with Crippen LogP contribution in [0.5, 0.6) is 5.75 Å². The van der Waals surface area contributed by atoms with Crippen molar-refractivity contribution >= 4 is 38.3 Å². The lowest BCUT2D eigenvalue weighted by atomic mass is 9.97. The molecule has 2 aromatic carbocycles. The van der Waals surface area contributed by atoms with E-state index in [1.807, 2.05) is 18.2 Å². The van der Waals surface area contributed by atoms with E-state index in [2.05, 4.69) is 10.2 Å². The number of anilines is 2. The first-order valence-electron chi connectivity index (χ1n) is 8.88. The fourth-order valence-electron chi connectivity index (χ4n) is 3.30. The number of nitrogens with zero attached hydrogens (tertiary/aromatic N) is 2. The van der Waals surface area contributed by atoms with E-state index in [1.165, 1.54) is 12.1 Å². The van der Waals surface area contributed by atoms with E-state index in [9.17, 15) is 9.18 Å². The standard InChI is InChI=1S/C20H20FN3O2S/c1-26-16-8-9-17-18(11-16)27-20(23-17)24-10-2-3-13(12-24)19(25)22-15-6-4-14(21)5-7-15/h4-9,11,13H,2-3,10,12H2,1H3,(H,22,25). The first kappa shape index (κ1) is 17.7. The van der Waals surface area contributed by atoms with E-state index in [0.29, 0.717) is 12.2 Å². The highest BCUT2D eigenvalue weighted by Crippen LogP contribution is 2.33. The molecule has 0 spiro atoms. The van der Waals surface area contributed by atoms with E-state index >= 15 is 0 Å². The number of thiazole rings is 1. The van der Waals surface area contributed by atoms with Crippen LogP contribution in [-0.4, -0.2) is 31.1 Å². The van der Waals surface area contributed by atoms with E-state index < -0.39 is 0 Å². The van der Waals surface area contributed by atoms with Gasteiger partial charge in [-0.25, -0.2) is 9.37 Å². The van der Waals surface area contributed by atoms with Gasteiger partial charge in [0.15, 0.2) is 5.13 Å². The van der Waals surface area contributed by atoms with Gasteiger partial charge in [0.05, 0.1) is 23.2 Å². The van der Waals surface area contributed by atoms with E-state index in [0.717, 1.165) is 40.5 Å². The maximum Gasteiger partial charge on any atom is 0.229 e. The monoisotopic (exact) mass is 385 g/mol. The molecule has 1 unspecified atom stereocenters. The minimum Gasteiger partial charge on any atom is -0.497 e. The van der Waals surface area contributed by atoms with Gasteiger partial charge in [-0.3, -0.25) is 4.79 Å². The Kier molecular flexibility index (Phi) is 4.94. The van der Waals surface area contributed by atoms with Crippen LogP contribution in [0.25, 0.3) is 10.2 Å². The first-order chi connectivity index (χ1) is 13.1. The van der Waals surface area contributed by atoms with E-state index in [4.69, 9.17) is 9.72 Å². The Morgan fingerprint density at radius 1 is 1.30 bits per heavy atom. The van der Waals surface area contributed by atoms with Crippen LogP contribution in [0.2, 0.25) is 0 Å². The lowest BCUT2D eigenvalue weighted by molar-refractivity contribution is -0.120. The highest BCUT2D eigenvalue weighted by Gasteiger charge is 2.27. The van der Waals surface area contributed by atoms with Crippen LogP contribution < -0.4 is 15.0 Å². The Hall–Kier alpha value is -2.67. The summed E-state index contributed by atoms with van der Waals surface area (Å²) in [5.74, 6) is 0.344. The van der Waals surface area contributed by atoms with Crippen molar-refractivity contribution in [3.05, 3.63) is 48.3 Å². The number of fused-ring (bicyclic) bond motifs is 1. The fraction of sp³-hybridized carbons (Fsp3) is 0.300. The van der Waals surface area contributed by atoms with Crippen molar-refractivity contribution in [3.63, 3.8) is 0 Å². The number of nitrogens with one attached hydrogen (secondary N) is 1. The lowest BCUT2D eigenvalue weighted by Crippen LogP contribution is -2.40. The predicted octanol–water partition coefficient (Wildman–Crippen LogP) is 4.30. The SMILES string of the molecule is COc1ccc2nc(N3CCCC(C(=O)Nc4ccc(F)cc4)C3)sc2c1. The summed E-state index contributed by atoms with van der Waals surface area (Å²) in [6.07, 6.45) is 1.77. The molecule has 2 heterocycles. The molecule has 1 atom stereocenters. The van der Waals surface area contributed by atoms with Crippen LogP contribution in [0.1, 0.15) is 12.8 Å². The Morgan fingerprint density at radius 3 is 2.89 bits per heavy atom. The second-order valence-electron chi connectivity index (χ2n) is 6.61. The summed E-state index contributed by atoms with van der Waals surface area (Å²) in [4.78, 5) is 19.5. The Labute approximate surface area is 160 Å². The highest BCUT2D eigenvalue weighted by molar-refractivity contribution is 7.22. The van der Waals surface area contributed by atoms with Gasteiger partial charge in [0, 0.05) is 18.8 Å². The number of methoxy groups -OCH3 is 1. The zero-order valence-corrected chi connectivity index (χ0v) is 15.8. The zero-order valence-electron chi connectivity index (χ0n) is 14.9. The second kappa shape index (κ2) is 7.52. The second-order valence-corrected chi connectivity index (χ2v) is 7.62. The zero-order chi connectivity index (χ0) is 18.8. The summed E-state index contributed by atoms with van der Waals surface area (Å²) in [5.41, 5.74) is 1.55. The largest absolute Gasteiger partial charge is 0.497 e. The normalized spacial score (nSPS) is 17.1. The van der Waals surface area contributed by atoms with Crippen molar-refractivity contribution in [1.82, 2.24) is 4.98 Å². The molecular formula is C20H20FN3O2S. The molecule has 140 valence electrons. The summed E-state index contributed by atoms with van der Waals surface area (Å²) >= 11 is 1.61. The van der Waals surface area contributed by atoms with E-state index in [-0.39, 0.29) is 17.6 Å². The molecule has 7 heteroatoms. The van der Waals surface area contributed by atoms with Gasteiger partial charge in [0.1, 0.15) is 11.6 Å². The third-order valence-electron chi connectivity index (χ3n) is 4.76. The fourth-order valence-corrected chi connectivity index (χ4v) is 4.33. The molecule has 4 rings (SSSR count). The lowest BCUT2D eigenvalue weighted by Gasteiger charge is -2.31. The van der Waals surface area contributed by atoms with Crippen molar-refractivity contribution in [2.45, 2.75) is 12.8 Å². The van der Waals surface area contributed by atoms with Crippen LogP contribution >= 0.6 is 11.3 Å². The first-order valence-corrected chi connectivity index (χ1v) is 9.70. The average molecular weight is 385 g/mol. The molecule has 1 saturated heterocycles. The predicted molar refractivity (Wildman–Crippen MR) is 106 cm³/mol. The van der Waals surface area contributed by atoms with Crippen molar-refractivity contribution < 1.29 is 13.9 Å². The van der Waals surface area contributed by atoms with Crippen LogP contribution in [-0.2, 0) is 4.79 Å². The van der Waals surface area contributed by atoms with Crippen molar-refractivity contribution in [2.24, 2.45) is 5.92 Å². The van der Waals surface area contributed by atoms with Crippen molar-refractivity contribution in [1.29, 1.82) is 0 Å². The number of rotatable bonds is 4. The van der Waals surface area contributed by atoms with Crippen LogP contribution in [0.3, 0.4) is 0 Å². The van der Waals surface area contributed by atoms with Crippen LogP contribution in [0.15, 0.2) is 42.5 Å². The minimum atomic E-state index is -0.315. The summed E-state index contributed by atoms with van der Waals surface area (Å²) < 4.78 is 19.4. The minimum absolute atomic E-state index is 0.0333. The van der Waals surface area contributed by atoms with Gasteiger partial charge in [0.2, 0.25) is 5.91 Å². The highest BCUT2D eigenvalue weighted by atomic mass is 32.1. The van der Waals surface area contributed by atoms with Crippen LogP contribution in [0, 0.1) is 11.7 Å². The number of ether oxygens (including phenoxy) is 1. The number of carbonyl (C=O) groups is 1. The molecule has 27 heavy (non-hydrogen) atoms. The topological polar surface area (TPSA) is 54.5 Å². The smallest absolute Gasteiger partial charge is 0.229 e. The van der Waals surface area contributed by atoms with Gasteiger partial charge in [0.25, 0.3) is 0 Å². The number of hydrogen-bond acceptors (Lipinski definition) is 5. The molecule has 3 aromatic rings. The Morgan fingerprint density at radius 2 is 2.11 bits per heavy atom. The number of hydrogen-bond donors (Lipinski definition) is 1. The summed E-state index contributed by atoms with van der Waals surface area (Å²) in [7, 11) is 1.65.